The van der Waals surface area contributed by atoms with Crippen LogP contribution in [0.2, 0.25) is 0 Å². The second kappa shape index (κ2) is 5.80. The van der Waals surface area contributed by atoms with Crippen LogP contribution < -0.4 is 10.1 Å². The first-order valence-corrected chi connectivity index (χ1v) is 7.04. The molecule has 0 fully saturated rings. The van der Waals surface area contributed by atoms with Crippen LogP contribution in [-0.4, -0.2) is 18.0 Å². The van der Waals surface area contributed by atoms with Crippen molar-refractivity contribution in [1.29, 1.82) is 0 Å². The van der Waals surface area contributed by atoms with Crippen molar-refractivity contribution in [1.82, 2.24) is 4.98 Å². The highest BCUT2D eigenvalue weighted by Gasteiger charge is 2.09. The topological polar surface area (TPSA) is 64.4 Å². The van der Waals surface area contributed by atoms with E-state index in [2.05, 4.69) is 10.3 Å². The maximum atomic E-state index is 11.8. The van der Waals surface area contributed by atoms with Crippen LogP contribution >= 0.6 is 11.3 Å². The Balaban J connectivity index is 1.77. The number of thiazole rings is 1. The zero-order chi connectivity index (χ0) is 14.7. The van der Waals surface area contributed by atoms with Crippen molar-refractivity contribution in [2.24, 2.45) is 0 Å². The van der Waals surface area contributed by atoms with Crippen molar-refractivity contribution in [3.63, 3.8) is 0 Å². The Morgan fingerprint density at radius 1 is 1.38 bits per heavy atom. The third-order valence-corrected chi connectivity index (χ3v) is 3.71. The predicted molar refractivity (Wildman–Crippen MR) is 82.5 cm³/mol. The highest BCUT2D eigenvalue weighted by molar-refractivity contribution is 7.22. The number of furan rings is 1. The van der Waals surface area contributed by atoms with E-state index in [-0.39, 0.29) is 5.91 Å². The smallest absolute Gasteiger partial charge is 0.250 e. The monoisotopic (exact) mass is 300 g/mol. The minimum Gasteiger partial charge on any atom is -0.494 e. The molecule has 0 spiro atoms. The molecule has 21 heavy (non-hydrogen) atoms. The summed E-state index contributed by atoms with van der Waals surface area (Å²) in [6.07, 6.45) is 4.56. The quantitative estimate of drug-likeness (QED) is 0.748. The Bertz CT molecular complexity index is 790. The number of anilines is 1. The number of aromatic nitrogens is 1. The first-order chi connectivity index (χ1) is 10.3. The summed E-state index contributed by atoms with van der Waals surface area (Å²) in [6, 6.07) is 9.19. The lowest BCUT2D eigenvalue weighted by Gasteiger charge is -1.98. The van der Waals surface area contributed by atoms with Gasteiger partial charge in [0.15, 0.2) is 5.13 Å². The first-order valence-electron chi connectivity index (χ1n) is 6.22. The molecule has 0 aliphatic rings. The largest absolute Gasteiger partial charge is 0.494 e. The van der Waals surface area contributed by atoms with Crippen LogP contribution in [0, 0.1) is 0 Å². The van der Waals surface area contributed by atoms with E-state index in [9.17, 15) is 4.79 Å². The number of carbonyl (C=O) groups excluding carboxylic acids is 1. The molecule has 0 unspecified atom stereocenters. The average Bonchev–Trinajstić information content (AvgIpc) is 3.13. The van der Waals surface area contributed by atoms with Crippen LogP contribution in [0.4, 0.5) is 5.13 Å². The molecule has 0 aliphatic carbocycles. The number of hydrogen-bond acceptors (Lipinski definition) is 5. The molecule has 5 nitrogen and oxygen atoms in total. The van der Waals surface area contributed by atoms with Gasteiger partial charge in [-0.1, -0.05) is 17.4 Å². The normalized spacial score (nSPS) is 11.1. The molecule has 2 aromatic heterocycles. The highest BCUT2D eigenvalue weighted by atomic mass is 32.1. The van der Waals surface area contributed by atoms with E-state index in [1.54, 1.807) is 31.6 Å². The molecule has 3 rings (SSSR count). The third kappa shape index (κ3) is 2.95. The summed E-state index contributed by atoms with van der Waals surface area (Å²) in [7, 11) is 1.60. The standard InChI is InChI=1S/C15H12N2O3S/c1-19-11-5-2-6-12-14(11)17-15(21-12)16-13(18)8-7-10-4-3-9-20-10/h2-9H,1H3,(H,16,17,18)/b8-7+. The fraction of sp³-hybridized carbons (Fsp3) is 0.0667. The molecule has 3 aromatic rings. The molecule has 1 N–H and O–H groups in total. The molecular weight excluding hydrogens is 288 g/mol. The summed E-state index contributed by atoms with van der Waals surface area (Å²) in [6.45, 7) is 0. The number of fused-ring (bicyclic) bond motifs is 1. The third-order valence-electron chi connectivity index (χ3n) is 2.77. The van der Waals surface area contributed by atoms with Crippen LogP contribution in [0.25, 0.3) is 16.3 Å². The van der Waals surface area contributed by atoms with Crippen molar-refractivity contribution in [3.05, 3.63) is 48.4 Å². The lowest BCUT2D eigenvalue weighted by Crippen LogP contribution is -2.07. The van der Waals surface area contributed by atoms with Gasteiger partial charge in [0.2, 0.25) is 5.91 Å². The Hall–Kier alpha value is -2.60. The second-order valence-corrected chi connectivity index (χ2v) is 5.19. The molecular formula is C15H12N2O3S. The van der Waals surface area contributed by atoms with Gasteiger partial charge in [-0.25, -0.2) is 4.98 Å². The molecule has 2 heterocycles. The zero-order valence-electron chi connectivity index (χ0n) is 11.2. The Morgan fingerprint density at radius 3 is 3.05 bits per heavy atom. The maximum Gasteiger partial charge on any atom is 0.250 e. The van der Waals surface area contributed by atoms with Crippen LogP contribution in [-0.2, 0) is 4.79 Å². The number of hydrogen-bond donors (Lipinski definition) is 1. The van der Waals surface area contributed by atoms with Crippen LogP contribution in [0.15, 0.2) is 47.1 Å². The van der Waals surface area contributed by atoms with E-state index in [1.165, 1.54) is 17.4 Å². The van der Waals surface area contributed by atoms with Gasteiger partial charge in [0.1, 0.15) is 17.0 Å². The van der Waals surface area contributed by atoms with Gasteiger partial charge in [-0.3, -0.25) is 10.1 Å². The Labute approximate surface area is 124 Å². The van der Waals surface area contributed by atoms with Crippen molar-refractivity contribution >= 4 is 38.7 Å². The molecule has 0 saturated carbocycles. The molecule has 0 radical (unpaired) electrons. The van der Waals surface area contributed by atoms with E-state index in [1.807, 2.05) is 18.2 Å². The highest BCUT2D eigenvalue weighted by Crippen LogP contribution is 2.31. The molecule has 106 valence electrons. The second-order valence-electron chi connectivity index (χ2n) is 4.16. The summed E-state index contributed by atoms with van der Waals surface area (Å²) in [5, 5.41) is 3.26. The summed E-state index contributed by atoms with van der Waals surface area (Å²) >= 11 is 1.40. The van der Waals surface area contributed by atoms with E-state index >= 15 is 0 Å². The molecule has 0 saturated heterocycles. The van der Waals surface area contributed by atoms with Gasteiger partial charge < -0.3 is 9.15 Å². The Morgan fingerprint density at radius 2 is 2.29 bits per heavy atom. The molecule has 0 aliphatic heterocycles. The number of nitrogens with zero attached hydrogens (tertiary/aromatic N) is 1. The van der Waals surface area contributed by atoms with Gasteiger partial charge in [0, 0.05) is 6.08 Å². The van der Waals surface area contributed by atoms with Gasteiger partial charge in [-0.2, -0.15) is 0 Å². The zero-order valence-corrected chi connectivity index (χ0v) is 12.0. The summed E-state index contributed by atoms with van der Waals surface area (Å²) in [5.74, 6) is 1.05. The minimum atomic E-state index is -0.260. The maximum absolute atomic E-state index is 11.8. The fourth-order valence-corrected chi connectivity index (χ4v) is 2.72. The van der Waals surface area contributed by atoms with E-state index in [0.29, 0.717) is 16.6 Å². The number of methoxy groups -OCH3 is 1. The van der Waals surface area contributed by atoms with Crippen molar-refractivity contribution in [3.8, 4) is 5.75 Å². The molecule has 1 amide bonds. The predicted octanol–water partition coefficient (Wildman–Crippen LogP) is 3.55. The molecule has 1 aromatic carbocycles. The first kappa shape index (κ1) is 13.4. The summed E-state index contributed by atoms with van der Waals surface area (Å²) in [5.41, 5.74) is 0.746. The van der Waals surface area contributed by atoms with Gasteiger partial charge >= 0.3 is 0 Å². The summed E-state index contributed by atoms with van der Waals surface area (Å²) in [4.78, 5) is 16.2. The minimum absolute atomic E-state index is 0.260. The lowest BCUT2D eigenvalue weighted by atomic mass is 10.3. The average molecular weight is 300 g/mol. The van der Waals surface area contributed by atoms with E-state index < -0.39 is 0 Å². The Kier molecular flexibility index (Phi) is 3.70. The SMILES string of the molecule is COc1cccc2sc(NC(=O)/C=C/c3ccco3)nc12. The number of para-hydroxylation sites is 1. The lowest BCUT2D eigenvalue weighted by molar-refractivity contribution is -0.111. The number of rotatable bonds is 4. The van der Waals surface area contributed by atoms with Crippen LogP contribution in [0.5, 0.6) is 5.75 Å². The van der Waals surface area contributed by atoms with Crippen molar-refractivity contribution in [2.75, 3.05) is 12.4 Å². The molecule has 6 heteroatoms. The fourth-order valence-electron chi connectivity index (χ4n) is 1.83. The number of amides is 1. The summed E-state index contributed by atoms with van der Waals surface area (Å²) < 4.78 is 11.3. The number of ether oxygens (including phenoxy) is 1. The van der Waals surface area contributed by atoms with Crippen LogP contribution in [0.3, 0.4) is 0 Å². The number of benzene rings is 1. The van der Waals surface area contributed by atoms with E-state index in [4.69, 9.17) is 9.15 Å². The van der Waals surface area contributed by atoms with Gasteiger partial charge in [0.25, 0.3) is 0 Å². The van der Waals surface area contributed by atoms with Crippen LogP contribution in [0.1, 0.15) is 5.76 Å². The molecule has 0 bridgehead atoms. The van der Waals surface area contributed by atoms with Crippen molar-refractivity contribution < 1.29 is 13.9 Å². The number of nitrogens with one attached hydrogen (secondary N) is 1. The van der Waals surface area contributed by atoms with Gasteiger partial charge in [-0.15, -0.1) is 0 Å². The number of carbonyl (C=O) groups is 1. The molecule has 0 atom stereocenters. The van der Waals surface area contributed by atoms with Gasteiger partial charge in [0.05, 0.1) is 18.1 Å². The van der Waals surface area contributed by atoms with Crippen molar-refractivity contribution in [2.45, 2.75) is 0 Å². The van der Waals surface area contributed by atoms with Gasteiger partial charge in [-0.05, 0) is 30.3 Å². The van der Waals surface area contributed by atoms with E-state index in [0.717, 1.165) is 10.2 Å².